The zero-order valence-electron chi connectivity index (χ0n) is 11.8. The van der Waals surface area contributed by atoms with Gasteiger partial charge in [0, 0.05) is 28.4 Å². The van der Waals surface area contributed by atoms with Crippen molar-refractivity contribution >= 4 is 43.0 Å². The van der Waals surface area contributed by atoms with Crippen LogP contribution in [0.15, 0.2) is 46.7 Å². The molecular formula is C14H13BrN2O4S2. The van der Waals surface area contributed by atoms with Crippen molar-refractivity contribution in [3.8, 4) is 0 Å². The summed E-state index contributed by atoms with van der Waals surface area (Å²) in [7, 11) is -3.70. The minimum absolute atomic E-state index is 0.0500. The molecule has 0 unspecified atom stereocenters. The maximum atomic E-state index is 12.9. The minimum Gasteiger partial charge on any atom is -0.258 e. The van der Waals surface area contributed by atoms with Crippen LogP contribution in [0, 0.1) is 10.1 Å². The van der Waals surface area contributed by atoms with Crippen LogP contribution in [0.4, 0.5) is 5.69 Å². The Morgan fingerprint density at radius 2 is 1.96 bits per heavy atom. The number of nitro groups is 1. The van der Waals surface area contributed by atoms with Crippen molar-refractivity contribution in [1.82, 2.24) is 4.31 Å². The van der Waals surface area contributed by atoms with Gasteiger partial charge in [-0.05, 0) is 30.0 Å². The van der Waals surface area contributed by atoms with Crippen molar-refractivity contribution in [3.63, 3.8) is 0 Å². The van der Waals surface area contributed by atoms with E-state index in [1.54, 1.807) is 0 Å². The molecular weight excluding hydrogens is 404 g/mol. The molecule has 0 N–H and O–H groups in total. The third kappa shape index (κ3) is 3.06. The molecule has 1 saturated heterocycles. The summed E-state index contributed by atoms with van der Waals surface area (Å²) in [6.45, 7) is 0.414. The number of sulfonamides is 1. The molecule has 122 valence electrons. The molecule has 0 amide bonds. The molecule has 1 fully saturated rings. The van der Waals surface area contributed by atoms with Crippen LogP contribution in [0.3, 0.4) is 0 Å². The number of rotatable bonds is 4. The number of halogens is 1. The number of hydrogen-bond donors (Lipinski definition) is 0. The molecule has 2 atom stereocenters. The molecule has 2 aromatic rings. The fourth-order valence-electron chi connectivity index (χ4n) is 2.65. The molecule has 3 rings (SSSR count). The Labute approximate surface area is 146 Å². The third-order valence-electron chi connectivity index (χ3n) is 3.77. The highest BCUT2D eigenvalue weighted by Gasteiger charge is 2.42. The van der Waals surface area contributed by atoms with Gasteiger partial charge in [-0.2, -0.15) is 4.31 Å². The quantitative estimate of drug-likeness (QED) is 0.433. The summed E-state index contributed by atoms with van der Waals surface area (Å²) in [6, 6.07) is 8.59. The summed E-state index contributed by atoms with van der Waals surface area (Å²) in [5.41, 5.74) is -0.126. The summed E-state index contributed by atoms with van der Waals surface area (Å²) in [6.07, 6.45) is 0.717. The van der Waals surface area contributed by atoms with Crippen LogP contribution in [-0.2, 0) is 10.0 Å². The van der Waals surface area contributed by atoms with Crippen LogP contribution in [0.1, 0.15) is 17.3 Å². The van der Waals surface area contributed by atoms with Gasteiger partial charge in [0.1, 0.15) is 0 Å². The Hall–Kier alpha value is -1.29. The predicted molar refractivity (Wildman–Crippen MR) is 91.4 cm³/mol. The molecule has 0 aliphatic carbocycles. The van der Waals surface area contributed by atoms with E-state index in [0.29, 0.717) is 6.54 Å². The van der Waals surface area contributed by atoms with Crippen LogP contribution in [0.5, 0.6) is 0 Å². The molecule has 6 nitrogen and oxygen atoms in total. The Morgan fingerprint density at radius 1 is 1.26 bits per heavy atom. The lowest BCUT2D eigenvalue weighted by atomic mass is 10.2. The van der Waals surface area contributed by atoms with Crippen molar-refractivity contribution < 1.29 is 13.3 Å². The standard InChI is InChI=1S/C14H13BrN2O4S2/c15-12-7-8-16(14(12)13-2-1-9-22-13)23(20,21)11-5-3-10(4-6-11)17(18)19/h1-6,9,12,14H,7-8H2/t12-,14-/m1/s1. The van der Waals surface area contributed by atoms with E-state index in [1.165, 1.54) is 39.9 Å². The SMILES string of the molecule is O=[N+]([O-])c1ccc(S(=O)(=O)N2CC[C@@H](Br)[C@@H]2c2cccs2)cc1. The molecule has 9 heteroatoms. The maximum absolute atomic E-state index is 12.9. The fourth-order valence-corrected chi connectivity index (χ4v) is 6.38. The van der Waals surface area contributed by atoms with Crippen LogP contribution in [0.25, 0.3) is 0 Å². The van der Waals surface area contributed by atoms with Gasteiger partial charge in [-0.1, -0.05) is 22.0 Å². The van der Waals surface area contributed by atoms with Gasteiger partial charge in [0.05, 0.1) is 15.9 Å². The normalized spacial score (nSPS) is 22.3. The number of thiophene rings is 1. The summed E-state index contributed by atoms with van der Waals surface area (Å²) >= 11 is 5.09. The van der Waals surface area contributed by atoms with Gasteiger partial charge in [0.15, 0.2) is 0 Å². The Morgan fingerprint density at radius 3 is 2.52 bits per heavy atom. The van der Waals surface area contributed by atoms with Crippen molar-refractivity contribution in [2.75, 3.05) is 6.54 Å². The highest BCUT2D eigenvalue weighted by molar-refractivity contribution is 9.09. The highest BCUT2D eigenvalue weighted by Crippen LogP contribution is 2.42. The Bertz CT molecular complexity index is 806. The first-order valence-electron chi connectivity index (χ1n) is 6.85. The summed E-state index contributed by atoms with van der Waals surface area (Å²) in [5.74, 6) is 0. The molecule has 0 spiro atoms. The summed E-state index contributed by atoms with van der Waals surface area (Å²) in [4.78, 5) is 11.3. The number of non-ortho nitro benzene ring substituents is 1. The molecule has 1 aliphatic heterocycles. The topological polar surface area (TPSA) is 80.5 Å². The smallest absolute Gasteiger partial charge is 0.258 e. The third-order valence-corrected chi connectivity index (χ3v) is 7.56. The highest BCUT2D eigenvalue weighted by atomic mass is 79.9. The second kappa shape index (κ2) is 6.31. The zero-order valence-corrected chi connectivity index (χ0v) is 15.1. The molecule has 1 aromatic carbocycles. The Kier molecular flexibility index (Phi) is 4.54. The molecule has 1 aromatic heterocycles. The van der Waals surface area contributed by atoms with Gasteiger partial charge in [-0.25, -0.2) is 8.42 Å². The molecule has 1 aliphatic rings. The van der Waals surface area contributed by atoms with Gasteiger partial charge < -0.3 is 0 Å². The molecule has 2 heterocycles. The van der Waals surface area contributed by atoms with Crippen LogP contribution in [-0.4, -0.2) is 29.0 Å². The van der Waals surface area contributed by atoms with Gasteiger partial charge >= 0.3 is 0 Å². The summed E-state index contributed by atoms with van der Waals surface area (Å²) in [5, 5.41) is 12.6. The van der Waals surface area contributed by atoms with E-state index in [9.17, 15) is 18.5 Å². The second-order valence-corrected chi connectivity index (χ2v) is 9.18. The number of alkyl halides is 1. The van der Waals surface area contributed by atoms with Crippen LogP contribution in [0.2, 0.25) is 0 Å². The number of nitro benzene ring substituents is 1. The van der Waals surface area contributed by atoms with E-state index < -0.39 is 14.9 Å². The van der Waals surface area contributed by atoms with E-state index in [2.05, 4.69) is 15.9 Å². The second-order valence-electron chi connectivity index (χ2n) is 5.13. The van der Waals surface area contributed by atoms with Gasteiger partial charge in [0.25, 0.3) is 5.69 Å². The maximum Gasteiger partial charge on any atom is 0.269 e. The molecule has 0 saturated carbocycles. The Balaban J connectivity index is 1.96. The average Bonchev–Trinajstić information content (AvgIpc) is 3.16. The van der Waals surface area contributed by atoms with Crippen molar-refractivity contribution in [2.45, 2.75) is 22.2 Å². The molecule has 23 heavy (non-hydrogen) atoms. The minimum atomic E-state index is -3.70. The van der Waals surface area contributed by atoms with Crippen LogP contribution < -0.4 is 0 Å². The number of hydrogen-bond acceptors (Lipinski definition) is 5. The van der Waals surface area contributed by atoms with Gasteiger partial charge in [-0.3, -0.25) is 10.1 Å². The van der Waals surface area contributed by atoms with Crippen molar-refractivity contribution in [1.29, 1.82) is 0 Å². The van der Waals surface area contributed by atoms with Gasteiger partial charge in [-0.15, -0.1) is 11.3 Å². The summed E-state index contributed by atoms with van der Waals surface area (Å²) < 4.78 is 27.3. The lowest BCUT2D eigenvalue weighted by Gasteiger charge is -2.24. The first-order valence-corrected chi connectivity index (χ1v) is 10.1. The molecule has 0 radical (unpaired) electrons. The van der Waals surface area contributed by atoms with Crippen molar-refractivity contribution in [3.05, 3.63) is 56.8 Å². The zero-order chi connectivity index (χ0) is 16.6. The fraction of sp³-hybridized carbons (Fsp3) is 0.286. The average molecular weight is 417 g/mol. The van der Waals surface area contributed by atoms with E-state index in [1.807, 2.05) is 17.5 Å². The predicted octanol–water partition coefficient (Wildman–Crippen LogP) is 3.56. The van der Waals surface area contributed by atoms with E-state index >= 15 is 0 Å². The van der Waals surface area contributed by atoms with Crippen LogP contribution >= 0.6 is 27.3 Å². The number of nitrogens with zero attached hydrogens (tertiary/aromatic N) is 2. The van der Waals surface area contributed by atoms with E-state index in [0.717, 1.165) is 11.3 Å². The van der Waals surface area contributed by atoms with Crippen molar-refractivity contribution in [2.24, 2.45) is 0 Å². The lowest BCUT2D eigenvalue weighted by Crippen LogP contribution is -2.32. The van der Waals surface area contributed by atoms with E-state index in [4.69, 9.17) is 0 Å². The first kappa shape index (κ1) is 16.6. The first-order chi connectivity index (χ1) is 10.9. The number of benzene rings is 1. The van der Waals surface area contributed by atoms with Gasteiger partial charge in [0.2, 0.25) is 10.0 Å². The lowest BCUT2D eigenvalue weighted by molar-refractivity contribution is -0.384. The monoisotopic (exact) mass is 416 g/mol. The largest absolute Gasteiger partial charge is 0.269 e. The van der Waals surface area contributed by atoms with E-state index in [-0.39, 0.29) is 21.5 Å². The molecule has 0 bridgehead atoms.